The molecule has 0 aromatic heterocycles. The van der Waals surface area contributed by atoms with E-state index in [1.807, 2.05) is 0 Å². The lowest BCUT2D eigenvalue weighted by atomic mass is 10.1. The number of nitrogens with zero attached hydrogens (tertiary/aromatic N) is 1. The molecule has 1 aromatic carbocycles. The van der Waals surface area contributed by atoms with E-state index in [4.69, 9.17) is 0 Å². The van der Waals surface area contributed by atoms with Crippen molar-refractivity contribution in [2.75, 3.05) is 4.72 Å². The molecule has 0 saturated heterocycles. The van der Waals surface area contributed by atoms with E-state index >= 15 is 0 Å². The van der Waals surface area contributed by atoms with Crippen LogP contribution in [-0.4, -0.2) is 18.8 Å². The van der Waals surface area contributed by atoms with Crippen LogP contribution < -0.4 is 4.72 Å². The molecule has 9 heteroatoms. The van der Waals surface area contributed by atoms with Gasteiger partial charge in [-0.25, -0.2) is 0 Å². The first-order valence-electron chi connectivity index (χ1n) is 5.61. The Kier molecular flexibility index (Phi) is 4.62. The fourth-order valence-corrected chi connectivity index (χ4v) is 3.37. The highest BCUT2D eigenvalue weighted by atomic mass is 35.5. The van der Waals surface area contributed by atoms with Crippen LogP contribution in [0.1, 0.15) is 25.0 Å². The van der Waals surface area contributed by atoms with Crippen molar-refractivity contribution in [3.8, 4) is 0 Å². The maximum atomic E-state index is 12.6. The zero-order chi connectivity index (χ0) is 14.4. The minimum absolute atomic E-state index is 0. The van der Waals surface area contributed by atoms with E-state index in [1.165, 1.54) is 0 Å². The molecule has 1 aliphatic rings. The largest absolute Gasteiger partial charge is 0.416 e. The molecule has 1 aliphatic heterocycles. The molecule has 0 fully saturated rings. The van der Waals surface area contributed by atoms with Crippen molar-refractivity contribution in [2.24, 2.45) is 0 Å². The Balaban J connectivity index is 0.00000200. The lowest BCUT2D eigenvalue weighted by Crippen LogP contribution is -2.43. The van der Waals surface area contributed by atoms with Gasteiger partial charge in [-0.3, -0.25) is 4.72 Å². The first-order valence-corrected chi connectivity index (χ1v) is 7.05. The summed E-state index contributed by atoms with van der Waals surface area (Å²) in [6.45, 7) is 3.27. The molecule has 1 heterocycles. The number of anilines is 1. The molecule has 2 rings (SSSR count). The second kappa shape index (κ2) is 5.42. The van der Waals surface area contributed by atoms with E-state index < -0.39 is 21.9 Å². The molecule has 4 nitrogen and oxygen atoms in total. The summed E-state index contributed by atoms with van der Waals surface area (Å²) in [5.74, 6) is 0. The summed E-state index contributed by atoms with van der Waals surface area (Å²) in [5.41, 5.74) is -0.265. The minimum atomic E-state index is -4.44. The minimum Gasteiger partial charge on any atom is -0.271 e. The summed E-state index contributed by atoms with van der Waals surface area (Å²) in [7, 11) is -3.68. The highest BCUT2D eigenvalue weighted by Crippen LogP contribution is 2.35. The molecule has 0 bridgehead atoms. The van der Waals surface area contributed by atoms with E-state index in [0.29, 0.717) is 5.56 Å². The van der Waals surface area contributed by atoms with Gasteiger partial charge in [-0.2, -0.15) is 25.9 Å². The van der Waals surface area contributed by atoms with E-state index in [2.05, 4.69) is 4.72 Å². The summed E-state index contributed by atoms with van der Waals surface area (Å²) in [5, 5.41) is 0. The third kappa shape index (κ3) is 3.18. The van der Waals surface area contributed by atoms with Gasteiger partial charge in [0.2, 0.25) is 0 Å². The summed E-state index contributed by atoms with van der Waals surface area (Å²) in [4.78, 5) is 0. The van der Waals surface area contributed by atoms with Gasteiger partial charge in [-0.15, -0.1) is 12.4 Å². The number of alkyl halides is 3. The molecular weight excluding hydrogens is 317 g/mol. The number of halogens is 4. The van der Waals surface area contributed by atoms with Gasteiger partial charge < -0.3 is 0 Å². The van der Waals surface area contributed by atoms with Crippen molar-refractivity contribution in [1.29, 1.82) is 0 Å². The van der Waals surface area contributed by atoms with Gasteiger partial charge >= 0.3 is 16.4 Å². The summed E-state index contributed by atoms with van der Waals surface area (Å²) in [6, 6.07) is 2.66. The van der Waals surface area contributed by atoms with Crippen molar-refractivity contribution in [3.63, 3.8) is 0 Å². The van der Waals surface area contributed by atoms with E-state index in [0.717, 1.165) is 22.5 Å². The van der Waals surface area contributed by atoms with Gasteiger partial charge in [0.05, 0.1) is 11.3 Å². The second-order valence-corrected chi connectivity index (χ2v) is 6.24. The van der Waals surface area contributed by atoms with E-state index in [-0.39, 0.29) is 30.7 Å². The molecule has 0 saturated carbocycles. The Labute approximate surface area is 121 Å². The average Bonchev–Trinajstić information content (AvgIpc) is 2.24. The first kappa shape index (κ1) is 17.1. The van der Waals surface area contributed by atoms with Crippen LogP contribution in [-0.2, 0) is 22.9 Å². The highest BCUT2D eigenvalue weighted by Gasteiger charge is 2.35. The zero-order valence-corrected chi connectivity index (χ0v) is 12.4. The van der Waals surface area contributed by atoms with Crippen LogP contribution in [0.3, 0.4) is 0 Å². The molecule has 0 amide bonds. The lowest BCUT2D eigenvalue weighted by Gasteiger charge is -2.32. The van der Waals surface area contributed by atoms with Crippen LogP contribution in [0.4, 0.5) is 18.9 Å². The van der Waals surface area contributed by atoms with Gasteiger partial charge in [0.1, 0.15) is 0 Å². The fourth-order valence-electron chi connectivity index (χ4n) is 1.91. The SMILES string of the molecule is CC(C)N1Cc2cc(C(F)(F)F)ccc2NS1(=O)=O.Cl. The third-order valence-corrected chi connectivity index (χ3v) is 4.53. The second-order valence-electron chi connectivity index (χ2n) is 4.62. The average molecular weight is 331 g/mol. The molecule has 1 N–H and O–H groups in total. The predicted molar refractivity (Wildman–Crippen MR) is 71.9 cm³/mol. The molecule has 0 radical (unpaired) electrons. The van der Waals surface area contributed by atoms with Gasteiger partial charge in [-0.1, -0.05) is 0 Å². The van der Waals surface area contributed by atoms with E-state index in [1.54, 1.807) is 13.8 Å². The Morgan fingerprint density at radius 3 is 2.40 bits per heavy atom. The topological polar surface area (TPSA) is 49.4 Å². The Morgan fingerprint density at radius 1 is 1.30 bits per heavy atom. The molecular formula is C11H14ClF3N2O2S. The zero-order valence-electron chi connectivity index (χ0n) is 10.7. The monoisotopic (exact) mass is 330 g/mol. The Hall–Kier alpha value is -0.990. The quantitative estimate of drug-likeness (QED) is 0.860. The molecule has 0 unspecified atom stereocenters. The van der Waals surface area contributed by atoms with E-state index in [9.17, 15) is 21.6 Å². The molecule has 0 aliphatic carbocycles. The Morgan fingerprint density at radius 2 is 1.90 bits per heavy atom. The van der Waals surface area contributed by atoms with Crippen LogP contribution in [0.15, 0.2) is 18.2 Å². The van der Waals surface area contributed by atoms with Crippen LogP contribution in [0.5, 0.6) is 0 Å². The van der Waals surface area contributed by atoms with Crippen molar-refractivity contribution >= 4 is 28.3 Å². The van der Waals surface area contributed by atoms with Crippen LogP contribution >= 0.6 is 12.4 Å². The molecule has 0 atom stereocenters. The maximum Gasteiger partial charge on any atom is 0.416 e. The number of fused-ring (bicyclic) bond motifs is 1. The summed E-state index contributed by atoms with van der Waals surface area (Å²) < 4.78 is 65.0. The van der Waals surface area contributed by atoms with Gasteiger partial charge in [0.15, 0.2) is 0 Å². The van der Waals surface area contributed by atoms with Crippen molar-refractivity contribution in [1.82, 2.24) is 4.31 Å². The molecule has 1 aromatic rings. The number of hydrogen-bond acceptors (Lipinski definition) is 2. The van der Waals surface area contributed by atoms with Crippen LogP contribution in [0, 0.1) is 0 Å². The van der Waals surface area contributed by atoms with Gasteiger partial charge in [-0.05, 0) is 37.6 Å². The third-order valence-electron chi connectivity index (χ3n) is 2.88. The standard InChI is InChI=1S/C11H13F3N2O2S.ClH/c1-7(2)16-6-8-5-9(11(12,13)14)3-4-10(8)15-19(16,17)18;/h3-5,7,15H,6H2,1-2H3;1H. The Bertz CT molecular complexity index is 602. The number of rotatable bonds is 1. The van der Waals surface area contributed by atoms with Gasteiger partial charge in [0.25, 0.3) is 0 Å². The lowest BCUT2D eigenvalue weighted by molar-refractivity contribution is -0.137. The van der Waals surface area contributed by atoms with Crippen LogP contribution in [0.2, 0.25) is 0 Å². The van der Waals surface area contributed by atoms with Crippen molar-refractivity contribution in [3.05, 3.63) is 29.3 Å². The van der Waals surface area contributed by atoms with Crippen molar-refractivity contribution < 1.29 is 21.6 Å². The normalized spacial score (nSPS) is 18.1. The molecule has 0 spiro atoms. The number of hydrogen-bond donors (Lipinski definition) is 1. The van der Waals surface area contributed by atoms with Crippen molar-refractivity contribution in [2.45, 2.75) is 32.6 Å². The summed E-state index contributed by atoms with van der Waals surface area (Å²) >= 11 is 0. The molecule has 114 valence electrons. The molecule has 20 heavy (non-hydrogen) atoms. The van der Waals surface area contributed by atoms with Gasteiger partial charge in [0, 0.05) is 12.6 Å². The number of nitrogens with one attached hydrogen (secondary N) is 1. The smallest absolute Gasteiger partial charge is 0.271 e. The predicted octanol–water partition coefficient (Wildman–Crippen LogP) is 3.01. The summed E-state index contributed by atoms with van der Waals surface area (Å²) in [6.07, 6.45) is -4.44. The highest BCUT2D eigenvalue weighted by molar-refractivity contribution is 7.90. The van der Waals surface area contributed by atoms with Crippen LogP contribution in [0.25, 0.3) is 0 Å². The fraction of sp³-hybridized carbons (Fsp3) is 0.455. The first-order chi connectivity index (χ1) is 8.61. The number of benzene rings is 1. The maximum absolute atomic E-state index is 12.6.